The number of ether oxygens (including phenoxy) is 3. The molecule has 4 rings (SSSR count). The van der Waals surface area contributed by atoms with Gasteiger partial charge in [0.15, 0.2) is 5.69 Å². The van der Waals surface area contributed by atoms with Crippen molar-refractivity contribution in [2.24, 2.45) is 0 Å². The molecule has 178 valence electrons. The average Bonchev–Trinajstić information content (AvgIpc) is 3.24. The van der Waals surface area contributed by atoms with E-state index in [0.717, 1.165) is 16.9 Å². The lowest BCUT2D eigenvalue weighted by Crippen LogP contribution is -2.27. The fourth-order valence-corrected chi connectivity index (χ4v) is 3.95. The number of para-hydroxylation sites is 1. The van der Waals surface area contributed by atoms with E-state index in [1.54, 1.807) is 11.6 Å². The summed E-state index contributed by atoms with van der Waals surface area (Å²) in [6.45, 7) is 2.87. The van der Waals surface area contributed by atoms with Crippen LogP contribution in [0.25, 0.3) is 16.9 Å². The maximum Gasteiger partial charge on any atom is 0.359 e. The van der Waals surface area contributed by atoms with E-state index in [-0.39, 0.29) is 28.4 Å². The second-order valence-electron chi connectivity index (χ2n) is 7.84. The van der Waals surface area contributed by atoms with Gasteiger partial charge in [-0.2, -0.15) is 5.10 Å². The highest BCUT2D eigenvalue weighted by molar-refractivity contribution is 6.23. The average molecular weight is 472 g/mol. The molecule has 0 atom stereocenters. The molecule has 2 aromatic carbocycles. The van der Waals surface area contributed by atoms with Gasteiger partial charge in [-0.15, -0.1) is 0 Å². The van der Waals surface area contributed by atoms with E-state index >= 15 is 0 Å². The van der Waals surface area contributed by atoms with Gasteiger partial charge in [0.1, 0.15) is 6.61 Å². The molecular weight excluding hydrogens is 448 g/mol. The monoisotopic (exact) mass is 472 g/mol. The normalized spacial score (nSPS) is 13.8. The number of Topliss-reactive ketones (excluding diaryl/α,β-unsaturated/α-hetero) is 2. The van der Waals surface area contributed by atoms with E-state index in [2.05, 4.69) is 5.10 Å². The zero-order valence-electron chi connectivity index (χ0n) is 19.8. The highest BCUT2D eigenvalue weighted by Crippen LogP contribution is 2.30. The summed E-state index contributed by atoms with van der Waals surface area (Å²) in [5.74, 6) is -2.16. The molecule has 1 heterocycles. The molecule has 0 spiro atoms. The third-order valence-corrected chi connectivity index (χ3v) is 5.81. The first-order valence-electron chi connectivity index (χ1n) is 10.9. The Labute approximate surface area is 202 Å². The number of rotatable bonds is 7. The van der Waals surface area contributed by atoms with Crippen molar-refractivity contribution < 1.29 is 28.6 Å². The minimum atomic E-state index is -0.713. The molecule has 1 aromatic heterocycles. The number of methoxy groups -OCH3 is 2. The van der Waals surface area contributed by atoms with Crippen molar-refractivity contribution in [3.05, 3.63) is 94.6 Å². The van der Waals surface area contributed by atoms with E-state index in [1.165, 1.54) is 21.1 Å². The number of aromatic nitrogens is 2. The highest BCUT2D eigenvalue weighted by atomic mass is 16.5. The molecule has 3 aromatic rings. The number of hydrogen-bond donors (Lipinski definition) is 0. The Morgan fingerprint density at radius 2 is 1.43 bits per heavy atom. The molecule has 0 bridgehead atoms. The zero-order chi connectivity index (χ0) is 25.1. The Morgan fingerprint density at radius 3 is 2.03 bits per heavy atom. The van der Waals surface area contributed by atoms with Crippen LogP contribution >= 0.6 is 0 Å². The number of benzene rings is 2. The van der Waals surface area contributed by atoms with E-state index in [9.17, 15) is 14.4 Å². The number of carbonyl (C=O) groups is 3. The Hall–Kier alpha value is -4.46. The second kappa shape index (κ2) is 9.80. The third kappa shape index (κ3) is 4.26. The predicted octanol–water partition coefficient (Wildman–Crippen LogP) is 3.98. The van der Waals surface area contributed by atoms with Gasteiger partial charge in [0, 0.05) is 22.3 Å². The fourth-order valence-electron chi connectivity index (χ4n) is 3.95. The van der Waals surface area contributed by atoms with Gasteiger partial charge in [-0.05, 0) is 26.0 Å². The molecule has 8 heteroatoms. The van der Waals surface area contributed by atoms with E-state index in [0.29, 0.717) is 5.56 Å². The van der Waals surface area contributed by atoms with Gasteiger partial charge in [0.25, 0.3) is 0 Å². The fraction of sp³-hybridized carbons (Fsp3) is 0.185. The van der Waals surface area contributed by atoms with Gasteiger partial charge in [0.05, 0.1) is 25.6 Å². The van der Waals surface area contributed by atoms with Crippen molar-refractivity contribution in [3.8, 4) is 16.9 Å². The van der Waals surface area contributed by atoms with Crippen LogP contribution in [-0.2, 0) is 23.8 Å². The maximum absolute atomic E-state index is 13.1. The summed E-state index contributed by atoms with van der Waals surface area (Å²) in [5, 5.41) is 4.55. The lowest BCUT2D eigenvalue weighted by atomic mass is 9.93. The minimum absolute atomic E-state index is 0.0319. The molecule has 0 saturated carbocycles. The van der Waals surface area contributed by atoms with Gasteiger partial charge in [-0.25, -0.2) is 9.48 Å². The van der Waals surface area contributed by atoms with Crippen molar-refractivity contribution in [1.29, 1.82) is 0 Å². The molecule has 1 aliphatic rings. The van der Waals surface area contributed by atoms with Crippen LogP contribution in [-0.4, -0.2) is 48.1 Å². The first kappa shape index (κ1) is 23.7. The SMILES string of the molecule is COC1=C(OC)C(=O)C(COC(=O)c2nn(-c3ccccc3)c(-c3ccccc3)c2C)=C(C)C1=O. The molecule has 0 unspecified atom stereocenters. The summed E-state index contributed by atoms with van der Waals surface area (Å²) in [6, 6.07) is 19.0. The van der Waals surface area contributed by atoms with Crippen molar-refractivity contribution in [1.82, 2.24) is 9.78 Å². The molecule has 0 aliphatic heterocycles. The van der Waals surface area contributed by atoms with Crippen LogP contribution in [0.15, 0.2) is 83.3 Å². The van der Waals surface area contributed by atoms with Gasteiger partial charge in [-0.3, -0.25) is 9.59 Å². The van der Waals surface area contributed by atoms with Crippen LogP contribution in [0.3, 0.4) is 0 Å². The molecule has 0 fully saturated rings. The molecule has 0 radical (unpaired) electrons. The Kier molecular flexibility index (Phi) is 6.64. The summed E-state index contributed by atoms with van der Waals surface area (Å²) in [7, 11) is 2.56. The van der Waals surface area contributed by atoms with E-state index < -0.39 is 24.1 Å². The summed E-state index contributed by atoms with van der Waals surface area (Å²) >= 11 is 0. The summed E-state index contributed by atoms with van der Waals surface area (Å²) in [4.78, 5) is 38.5. The number of carbonyl (C=O) groups excluding carboxylic acids is 3. The molecule has 0 saturated heterocycles. The molecule has 0 amide bonds. The summed E-state index contributed by atoms with van der Waals surface area (Å²) in [6.07, 6.45) is 0. The molecular formula is C27H24N2O6. The first-order chi connectivity index (χ1) is 16.9. The van der Waals surface area contributed by atoms with Crippen LogP contribution in [0, 0.1) is 6.92 Å². The van der Waals surface area contributed by atoms with Crippen LogP contribution in [0.4, 0.5) is 0 Å². The third-order valence-electron chi connectivity index (χ3n) is 5.81. The van der Waals surface area contributed by atoms with Gasteiger partial charge < -0.3 is 14.2 Å². The van der Waals surface area contributed by atoms with E-state index in [1.807, 2.05) is 60.7 Å². The first-order valence-corrected chi connectivity index (χ1v) is 10.9. The standard InChI is InChI=1S/C27H24N2O6/c1-16-20(24(31)26(34-4)25(33-3)23(16)30)15-35-27(32)21-17(2)22(18-11-7-5-8-12-18)29(28-21)19-13-9-6-10-14-19/h5-14H,15H2,1-4H3. The van der Waals surface area contributed by atoms with Crippen molar-refractivity contribution >= 4 is 17.5 Å². The molecule has 8 nitrogen and oxygen atoms in total. The van der Waals surface area contributed by atoms with Crippen LogP contribution in [0.1, 0.15) is 23.0 Å². The van der Waals surface area contributed by atoms with Gasteiger partial charge in [-0.1, -0.05) is 48.5 Å². The Morgan fingerprint density at radius 1 is 0.857 bits per heavy atom. The quantitative estimate of drug-likeness (QED) is 0.379. The summed E-state index contributed by atoms with van der Waals surface area (Å²) in [5.41, 5.74) is 3.32. The number of nitrogens with zero attached hydrogens (tertiary/aromatic N) is 2. The van der Waals surface area contributed by atoms with Crippen LogP contribution in [0.5, 0.6) is 0 Å². The topological polar surface area (TPSA) is 96.7 Å². The zero-order valence-corrected chi connectivity index (χ0v) is 19.8. The predicted molar refractivity (Wildman–Crippen MR) is 128 cm³/mol. The van der Waals surface area contributed by atoms with Crippen LogP contribution in [0.2, 0.25) is 0 Å². The molecule has 35 heavy (non-hydrogen) atoms. The largest absolute Gasteiger partial charge is 0.489 e. The lowest BCUT2D eigenvalue weighted by molar-refractivity contribution is -0.121. The highest BCUT2D eigenvalue weighted by Gasteiger charge is 2.35. The molecule has 0 N–H and O–H groups in total. The number of ketones is 2. The number of esters is 1. The van der Waals surface area contributed by atoms with Gasteiger partial charge in [0.2, 0.25) is 23.1 Å². The Balaban J connectivity index is 1.67. The number of hydrogen-bond acceptors (Lipinski definition) is 7. The van der Waals surface area contributed by atoms with Crippen LogP contribution < -0.4 is 0 Å². The molecule has 1 aliphatic carbocycles. The maximum atomic E-state index is 13.1. The van der Waals surface area contributed by atoms with Crippen molar-refractivity contribution in [2.75, 3.05) is 20.8 Å². The Bertz CT molecular complexity index is 1370. The van der Waals surface area contributed by atoms with Crippen molar-refractivity contribution in [2.45, 2.75) is 13.8 Å². The second-order valence-corrected chi connectivity index (χ2v) is 7.84. The lowest BCUT2D eigenvalue weighted by Gasteiger charge is -2.20. The smallest absolute Gasteiger partial charge is 0.359 e. The van der Waals surface area contributed by atoms with Gasteiger partial charge >= 0.3 is 5.97 Å². The van der Waals surface area contributed by atoms with Crippen molar-refractivity contribution in [3.63, 3.8) is 0 Å². The summed E-state index contributed by atoms with van der Waals surface area (Å²) < 4.78 is 17.3. The number of allylic oxidation sites excluding steroid dienone is 2. The minimum Gasteiger partial charge on any atom is -0.489 e. The van der Waals surface area contributed by atoms with E-state index in [4.69, 9.17) is 14.2 Å².